The number of aromatic nitrogens is 2. The normalized spacial score (nSPS) is 11.2. The molecule has 0 aliphatic rings. The van der Waals surface area contributed by atoms with Crippen LogP contribution >= 0.6 is 0 Å². The average molecular weight is 342 g/mol. The third kappa shape index (κ3) is 5.18. The number of benzene rings is 1. The summed E-state index contributed by atoms with van der Waals surface area (Å²) in [5.41, 5.74) is 1.53. The van der Waals surface area contributed by atoms with Crippen LogP contribution in [-0.4, -0.2) is 28.6 Å². The van der Waals surface area contributed by atoms with Gasteiger partial charge in [-0.25, -0.2) is 4.79 Å². The molecule has 0 spiro atoms. The maximum atomic E-state index is 12.3. The van der Waals surface area contributed by atoms with Gasteiger partial charge < -0.3 is 15.4 Å². The number of halogens is 3. The third-order valence-corrected chi connectivity index (χ3v) is 2.99. The molecule has 2 N–H and O–H groups in total. The Balaban J connectivity index is 1.96. The van der Waals surface area contributed by atoms with Crippen LogP contribution in [0.5, 0.6) is 5.75 Å². The first-order valence-corrected chi connectivity index (χ1v) is 7.17. The van der Waals surface area contributed by atoms with Gasteiger partial charge in [-0.05, 0) is 37.6 Å². The van der Waals surface area contributed by atoms with E-state index in [1.807, 2.05) is 6.92 Å². The summed E-state index contributed by atoms with van der Waals surface area (Å²) < 4.78 is 42.8. The highest BCUT2D eigenvalue weighted by atomic mass is 19.4. The van der Waals surface area contributed by atoms with Crippen LogP contribution in [0.25, 0.3) is 0 Å². The molecule has 130 valence electrons. The molecule has 0 bridgehead atoms. The van der Waals surface area contributed by atoms with Crippen LogP contribution in [0, 0.1) is 6.92 Å². The lowest BCUT2D eigenvalue weighted by molar-refractivity contribution is -0.142. The minimum absolute atomic E-state index is 0.167. The zero-order valence-corrected chi connectivity index (χ0v) is 13.1. The van der Waals surface area contributed by atoms with Crippen LogP contribution in [0.3, 0.4) is 0 Å². The number of aryl methyl sites for hydroxylation is 1. The van der Waals surface area contributed by atoms with Crippen molar-refractivity contribution in [1.29, 1.82) is 0 Å². The van der Waals surface area contributed by atoms with Gasteiger partial charge >= 0.3 is 12.2 Å². The fourth-order valence-corrected chi connectivity index (χ4v) is 2.02. The SMILES string of the molecule is CCOc1ccc(NC(=O)Nc2cnn(CC(F)(F)F)c2)c(C)c1. The van der Waals surface area contributed by atoms with Gasteiger partial charge in [-0.15, -0.1) is 0 Å². The molecule has 1 aromatic heterocycles. The highest BCUT2D eigenvalue weighted by molar-refractivity contribution is 6.00. The Morgan fingerprint density at radius 1 is 1.33 bits per heavy atom. The van der Waals surface area contributed by atoms with Crippen LogP contribution < -0.4 is 15.4 Å². The van der Waals surface area contributed by atoms with Crippen LogP contribution in [0.4, 0.5) is 29.3 Å². The summed E-state index contributed by atoms with van der Waals surface area (Å²) in [4.78, 5) is 11.9. The van der Waals surface area contributed by atoms with Crippen molar-refractivity contribution in [3.63, 3.8) is 0 Å². The van der Waals surface area contributed by atoms with Gasteiger partial charge in [0, 0.05) is 11.9 Å². The standard InChI is InChI=1S/C15H17F3N4O2/c1-3-24-12-4-5-13(10(2)6-12)21-14(23)20-11-7-19-22(8-11)9-15(16,17)18/h4-8H,3,9H2,1-2H3,(H2,20,21,23). The molecule has 0 saturated heterocycles. The van der Waals surface area contributed by atoms with Crippen molar-refractivity contribution in [2.24, 2.45) is 0 Å². The first-order valence-electron chi connectivity index (χ1n) is 7.17. The smallest absolute Gasteiger partial charge is 0.408 e. The number of rotatable bonds is 5. The van der Waals surface area contributed by atoms with Crippen molar-refractivity contribution in [2.75, 3.05) is 17.2 Å². The number of nitrogens with one attached hydrogen (secondary N) is 2. The maximum absolute atomic E-state index is 12.3. The molecule has 0 atom stereocenters. The Kier molecular flexibility index (Phi) is 5.32. The molecule has 0 radical (unpaired) electrons. The van der Waals surface area contributed by atoms with Gasteiger partial charge in [0.1, 0.15) is 12.3 Å². The van der Waals surface area contributed by atoms with Gasteiger partial charge in [0.15, 0.2) is 0 Å². The quantitative estimate of drug-likeness (QED) is 0.868. The Bertz CT molecular complexity index is 713. The largest absolute Gasteiger partial charge is 0.494 e. The Labute approximate surface area is 136 Å². The molecule has 0 aliphatic carbocycles. The molecule has 0 aliphatic heterocycles. The van der Waals surface area contributed by atoms with E-state index in [1.165, 1.54) is 0 Å². The van der Waals surface area contributed by atoms with E-state index < -0.39 is 18.8 Å². The Morgan fingerprint density at radius 3 is 2.71 bits per heavy atom. The van der Waals surface area contributed by atoms with Gasteiger partial charge in [0.05, 0.1) is 18.5 Å². The third-order valence-electron chi connectivity index (χ3n) is 2.99. The molecule has 1 aromatic carbocycles. The second-order valence-corrected chi connectivity index (χ2v) is 5.03. The molecule has 2 aromatic rings. The summed E-state index contributed by atoms with van der Waals surface area (Å²) in [5.74, 6) is 0.689. The number of hydrogen-bond acceptors (Lipinski definition) is 3. The van der Waals surface area contributed by atoms with Crippen LogP contribution in [0.1, 0.15) is 12.5 Å². The molecular weight excluding hydrogens is 325 g/mol. The number of anilines is 2. The first kappa shape index (κ1) is 17.6. The summed E-state index contributed by atoms with van der Waals surface area (Å²) in [7, 11) is 0. The molecule has 0 unspecified atom stereocenters. The molecule has 9 heteroatoms. The molecule has 6 nitrogen and oxygen atoms in total. The van der Waals surface area contributed by atoms with E-state index in [-0.39, 0.29) is 5.69 Å². The van der Waals surface area contributed by atoms with Crippen molar-refractivity contribution in [3.8, 4) is 5.75 Å². The fourth-order valence-electron chi connectivity index (χ4n) is 2.02. The molecule has 1 heterocycles. The number of hydrogen-bond donors (Lipinski definition) is 2. The molecule has 0 fully saturated rings. The maximum Gasteiger partial charge on any atom is 0.408 e. The van der Waals surface area contributed by atoms with Gasteiger partial charge in [-0.1, -0.05) is 0 Å². The zero-order chi connectivity index (χ0) is 17.7. The first-order chi connectivity index (χ1) is 11.3. The molecule has 0 saturated carbocycles. The van der Waals surface area contributed by atoms with Crippen molar-refractivity contribution in [3.05, 3.63) is 36.2 Å². The summed E-state index contributed by atoms with van der Waals surface area (Å²) in [6.45, 7) is 3.00. The Morgan fingerprint density at radius 2 is 2.08 bits per heavy atom. The van der Waals surface area contributed by atoms with E-state index in [9.17, 15) is 18.0 Å². The lowest BCUT2D eigenvalue weighted by Gasteiger charge is -2.11. The van der Waals surface area contributed by atoms with E-state index in [0.717, 1.165) is 18.0 Å². The van der Waals surface area contributed by atoms with E-state index >= 15 is 0 Å². The summed E-state index contributed by atoms with van der Waals surface area (Å²) >= 11 is 0. The van der Waals surface area contributed by atoms with E-state index in [4.69, 9.17) is 4.74 Å². The van der Waals surface area contributed by atoms with Crippen molar-refractivity contribution in [1.82, 2.24) is 9.78 Å². The molecule has 24 heavy (non-hydrogen) atoms. The number of carbonyl (C=O) groups excluding carboxylic acids is 1. The second kappa shape index (κ2) is 7.24. The van der Waals surface area contributed by atoms with Crippen LogP contribution in [0.2, 0.25) is 0 Å². The number of carbonyl (C=O) groups is 1. The minimum atomic E-state index is -4.37. The molecular formula is C15H17F3N4O2. The predicted molar refractivity (Wildman–Crippen MR) is 83.3 cm³/mol. The van der Waals surface area contributed by atoms with E-state index in [0.29, 0.717) is 22.7 Å². The second-order valence-electron chi connectivity index (χ2n) is 5.03. The summed E-state index contributed by atoms with van der Waals surface area (Å²) in [6, 6.07) is 4.61. The summed E-state index contributed by atoms with van der Waals surface area (Å²) in [5, 5.41) is 8.60. The summed E-state index contributed by atoms with van der Waals surface area (Å²) in [6.07, 6.45) is -2.11. The number of nitrogens with zero attached hydrogens (tertiary/aromatic N) is 2. The number of ether oxygens (including phenoxy) is 1. The minimum Gasteiger partial charge on any atom is -0.494 e. The highest BCUT2D eigenvalue weighted by Crippen LogP contribution is 2.22. The lowest BCUT2D eigenvalue weighted by atomic mass is 10.2. The Hall–Kier alpha value is -2.71. The monoisotopic (exact) mass is 342 g/mol. The van der Waals surface area contributed by atoms with Crippen molar-refractivity contribution >= 4 is 17.4 Å². The van der Waals surface area contributed by atoms with Gasteiger partial charge in [0.25, 0.3) is 0 Å². The topological polar surface area (TPSA) is 68.2 Å². The number of amides is 2. The van der Waals surface area contributed by atoms with E-state index in [1.54, 1.807) is 25.1 Å². The predicted octanol–water partition coefficient (Wildman–Crippen LogP) is 3.80. The van der Waals surface area contributed by atoms with Crippen LogP contribution in [-0.2, 0) is 6.54 Å². The average Bonchev–Trinajstić information content (AvgIpc) is 2.87. The highest BCUT2D eigenvalue weighted by Gasteiger charge is 2.28. The lowest BCUT2D eigenvalue weighted by Crippen LogP contribution is -2.20. The molecule has 2 amide bonds. The number of urea groups is 1. The van der Waals surface area contributed by atoms with Gasteiger partial charge in [-0.3, -0.25) is 4.68 Å². The van der Waals surface area contributed by atoms with Crippen LogP contribution in [0.15, 0.2) is 30.6 Å². The molecule has 2 rings (SSSR count). The van der Waals surface area contributed by atoms with Crippen molar-refractivity contribution < 1.29 is 22.7 Å². The van der Waals surface area contributed by atoms with Gasteiger partial charge in [-0.2, -0.15) is 18.3 Å². The van der Waals surface area contributed by atoms with Gasteiger partial charge in [0.2, 0.25) is 0 Å². The number of alkyl halides is 3. The fraction of sp³-hybridized carbons (Fsp3) is 0.333. The van der Waals surface area contributed by atoms with Crippen molar-refractivity contribution in [2.45, 2.75) is 26.6 Å². The van der Waals surface area contributed by atoms with E-state index in [2.05, 4.69) is 15.7 Å². The zero-order valence-electron chi connectivity index (χ0n) is 13.1.